The summed E-state index contributed by atoms with van der Waals surface area (Å²) in [6.45, 7) is 0.978. The van der Waals surface area contributed by atoms with Crippen LogP contribution >= 0.6 is 0 Å². The average molecular weight is 365 g/mol. The molecule has 0 bridgehead atoms. The number of carbonyl (C=O) groups is 3. The smallest absolute Gasteiger partial charge is 0.317 e. The summed E-state index contributed by atoms with van der Waals surface area (Å²) in [6, 6.07) is 0.336. The Kier molecular flexibility index (Phi) is 6.51. The molecule has 3 aliphatic rings. The van der Waals surface area contributed by atoms with Crippen LogP contribution in [0.3, 0.4) is 0 Å². The zero-order chi connectivity index (χ0) is 18.5. The van der Waals surface area contributed by atoms with Gasteiger partial charge in [-0.2, -0.15) is 0 Å². The summed E-state index contributed by atoms with van der Waals surface area (Å²) in [6.07, 6.45) is 9.24. The summed E-state index contributed by atoms with van der Waals surface area (Å²) >= 11 is 0. The molecule has 0 aromatic rings. The van der Waals surface area contributed by atoms with Gasteiger partial charge in [-0.05, 0) is 44.4 Å². The van der Waals surface area contributed by atoms with E-state index in [4.69, 9.17) is 5.11 Å². The SMILES string of the molecule is O=C(O)CN(CC1CC1)C1CC(NC(=O)CNC(=O)C2CCCCC2)C1. The number of hydrogen-bond acceptors (Lipinski definition) is 4. The highest BCUT2D eigenvalue weighted by molar-refractivity contribution is 5.86. The van der Waals surface area contributed by atoms with Crippen LogP contribution in [-0.2, 0) is 14.4 Å². The second-order valence-electron chi connectivity index (χ2n) is 8.21. The van der Waals surface area contributed by atoms with Gasteiger partial charge in [0.05, 0.1) is 13.1 Å². The zero-order valence-corrected chi connectivity index (χ0v) is 15.4. The van der Waals surface area contributed by atoms with Crippen LogP contribution in [0.25, 0.3) is 0 Å². The quantitative estimate of drug-likeness (QED) is 0.569. The number of nitrogens with zero attached hydrogens (tertiary/aromatic N) is 1. The molecule has 0 spiro atoms. The molecule has 0 unspecified atom stereocenters. The molecule has 7 nitrogen and oxygen atoms in total. The van der Waals surface area contributed by atoms with E-state index in [2.05, 4.69) is 10.6 Å². The Labute approximate surface area is 154 Å². The second-order valence-corrected chi connectivity index (χ2v) is 8.21. The predicted molar refractivity (Wildman–Crippen MR) is 96.5 cm³/mol. The van der Waals surface area contributed by atoms with Crippen molar-refractivity contribution >= 4 is 17.8 Å². The maximum absolute atomic E-state index is 12.1. The van der Waals surface area contributed by atoms with Crippen LogP contribution < -0.4 is 10.6 Å². The fourth-order valence-electron chi connectivity index (χ4n) is 4.11. The van der Waals surface area contributed by atoms with Crippen LogP contribution in [0.2, 0.25) is 0 Å². The van der Waals surface area contributed by atoms with Crippen molar-refractivity contribution in [3.63, 3.8) is 0 Å². The van der Waals surface area contributed by atoms with Crippen molar-refractivity contribution in [2.24, 2.45) is 11.8 Å². The van der Waals surface area contributed by atoms with E-state index in [9.17, 15) is 14.4 Å². The summed E-state index contributed by atoms with van der Waals surface area (Å²) in [7, 11) is 0. The maximum Gasteiger partial charge on any atom is 0.317 e. The molecule has 0 saturated heterocycles. The zero-order valence-electron chi connectivity index (χ0n) is 15.4. The number of nitrogens with one attached hydrogen (secondary N) is 2. The molecular weight excluding hydrogens is 334 g/mol. The van der Waals surface area contributed by atoms with Crippen LogP contribution in [0.15, 0.2) is 0 Å². The van der Waals surface area contributed by atoms with Crippen LogP contribution in [-0.4, -0.2) is 59.5 Å². The number of rotatable bonds is 9. The molecule has 0 heterocycles. The third-order valence-corrected chi connectivity index (χ3v) is 5.92. The monoisotopic (exact) mass is 365 g/mol. The first kappa shape index (κ1) is 19.1. The Morgan fingerprint density at radius 1 is 1.00 bits per heavy atom. The molecule has 0 radical (unpaired) electrons. The van der Waals surface area contributed by atoms with Gasteiger partial charge >= 0.3 is 5.97 Å². The Bertz CT molecular complexity index is 523. The molecule has 7 heteroatoms. The van der Waals surface area contributed by atoms with Gasteiger partial charge < -0.3 is 15.7 Å². The first-order chi connectivity index (χ1) is 12.5. The lowest BCUT2D eigenvalue weighted by Gasteiger charge is -2.42. The van der Waals surface area contributed by atoms with Crippen LogP contribution in [0, 0.1) is 11.8 Å². The molecule has 2 amide bonds. The summed E-state index contributed by atoms with van der Waals surface area (Å²) in [5.74, 6) is -0.217. The molecule has 0 aromatic heterocycles. The number of aliphatic carboxylic acids is 1. The lowest BCUT2D eigenvalue weighted by molar-refractivity contribution is -0.140. The summed E-state index contributed by atoms with van der Waals surface area (Å²) < 4.78 is 0. The molecule has 146 valence electrons. The van der Waals surface area contributed by atoms with Gasteiger partial charge in [0.1, 0.15) is 0 Å². The molecule has 26 heavy (non-hydrogen) atoms. The molecule has 3 rings (SSSR count). The topological polar surface area (TPSA) is 98.7 Å². The third-order valence-electron chi connectivity index (χ3n) is 5.92. The standard InChI is InChI=1S/C19H31N3O4/c23-17(10-20-19(26)14-4-2-1-3-5-14)21-15-8-16(9-15)22(12-18(24)25)11-13-6-7-13/h13-16H,1-12H2,(H,20,26)(H,21,23)(H,24,25). The predicted octanol–water partition coefficient (Wildman–Crippen LogP) is 1.13. The lowest BCUT2D eigenvalue weighted by atomic mass is 9.85. The molecular formula is C19H31N3O4. The second kappa shape index (κ2) is 8.84. The van der Waals surface area contributed by atoms with Gasteiger partial charge in [0, 0.05) is 24.5 Å². The Morgan fingerprint density at radius 2 is 1.69 bits per heavy atom. The molecule has 3 fully saturated rings. The van der Waals surface area contributed by atoms with Crippen LogP contribution in [0.1, 0.15) is 57.8 Å². The maximum atomic E-state index is 12.1. The van der Waals surface area contributed by atoms with E-state index < -0.39 is 5.97 Å². The van der Waals surface area contributed by atoms with Crippen LogP contribution in [0.4, 0.5) is 0 Å². The Balaban J connectivity index is 1.33. The van der Waals surface area contributed by atoms with E-state index in [0.29, 0.717) is 5.92 Å². The van der Waals surface area contributed by atoms with Gasteiger partial charge in [-0.15, -0.1) is 0 Å². The Morgan fingerprint density at radius 3 is 2.31 bits per heavy atom. The molecule has 0 aliphatic heterocycles. The van der Waals surface area contributed by atoms with Crippen molar-refractivity contribution in [3.8, 4) is 0 Å². The van der Waals surface area contributed by atoms with E-state index in [1.165, 1.54) is 19.3 Å². The minimum atomic E-state index is -0.788. The van der Waals surface area contributed by atoms with E-state index in [-0.39, 0.29) is 42.9 Å². The Hall–Kier alpha value is -1.63. The van der Waals surface area contributed by atoms with E-state index in [1.807, 2.05) is 4.90 Å². The van der Waals surface area contributed by atoms with E-state index in [0.717, 1.165) is 45.1 Å². The van der Waals surface area contributed by atoms with Gasteiger partial charge in [-0.25, -0.2) is 0 Å². The van der Waals surface area contributed by atoms with Crippen molar-refractivity contribution in [1.82, 2.24) is 15.5 Å². The van der Waals surface area contributed by atoms with Crippen molar-refractivity contribution in [2.75, 3.05) is 19.6 Å². The minimum Gasteiger partial charge on any atom is -0.480 e. The van der Waals surface area contributed by atoms with E-state index >= 15 is 0 Å². The number of hydrogen-bond donors (Lipinski definition) is 3. The van der Waals surface area contributed by atoms with Gasteiger partial charge in [-0.3, -0.25) is 19.3 Å². The van der Waals surface area contributed by atoms with Crippen molar-refractivity contribution < 1.29 is 19.5 Å². The van der Waals surface area contributed by atoms with Crippen molar-refractivity contribution in [3.05, 3.63) is 0 Å². The molecule has 3 N–H and O–H groups in total. The normalized spacial score (nSPS) is 26.2. The lowest BCUT2D eigenvalue weighted by Crippen LogP contribution is -2.56. The fraction of sp³-hybridized carbons (Fsp3) is 0.842. The minimum absolute atomic E-state index is 0.00315. The number of carboxylic acid groups (broad SMARTS) is 1. The summed E-state index contributed by atoms with van der Waals surface area (Å²) in [4.78, 5) is 37.2. The van der Waals surface area contributed by atoms with Gasteiger partial charge in [0.25, 0.3) is 0 Å². The number of amides is 2. The summed E-state index contributed by atoms with van der Waals surface area (Å²) in [5, 5.41) is 14.8. The highest BCUT2D eigenvalue weighted by Gasteiger charge is 2.37. The van der Waals surface area contributed by atoms with Crippen molar-refractivity contribution in [1.29, 1.82) is 0 Å². The largest absolute Gasteiger partial charge is 0.480 e. The third kappa shape index (κ3) is 5.69. The van der Waals surface area contributed by atoms with Gasteiger partial charge in [-0.1, -0.05) is 19.3 Å². The highest BCUT2D eigenvalue weighted by atomic mass is 16.4. The fourth-order valence-corrected chi connectivity index (χ4v) is 4.11. The van der Waals surface area contributed by atoms with Crippen molar-refractivity contribution in [2.45, 2.75) is 69.9 Å². The summed E-state index contributed by atoms with van der Waals surface area (Å²) in [5.41, 5.74) is 0. The number of carbonyl (C=O) groups excluding carboxylic acids is 2. The van der Waals surface area contributed by atoms with Gasteiger partial charge in [0.15, 0.2) is 0 Å². The molecule has 3 saturated carbocycles. The van der Waals surface area contributed by atoms with Crippen LogP contribution in [0.5, 0.6) is 0 Å². The number of carboxylic acids is 1. The average Bonchev–Trinajstić information content (AvgIpc) is 3.39. The first-order valence-electron chi connectivity index (χ1n) is 10.0. The molecule has 0 aromatic carbocycles. The van der Waals surface area contributed by atoms with Gasteiger partial charge in [0.2, 0.25) is 11.8 Å². The first-order valence-corrected chi connectivity index (χ1v) is 10.0. The highest BCUT2D eigenvalue weighted by Crippen LogP contribution is 2.33. The molecule has 0 atom stereocenters. The molecule has 3 aliphatic carbocycles. The van der Waals surface area contributed by atoms with E-state index in [1.54, 1.807) is 0 Å².